The normalized spacial score (nSPS) is 13.2. The lowest BCUT2D eigenvalue weighted by Gasteiger charge is -2.20. The summed E-state index contributed by atoms with van der Waals surface area (Å²) in [6.07, 6.45) is 3.06. The van der Waals surface area contributed by atoms with E-state index in [4.69, 9.17) is 5.11 Å². The van der Waals surface area contributed by atoms with Gasteiger partial charge in [0.25, 0.3) is 0 Å². The fourth-order valence-corrected chi connectivity index (χ4v) is 2.75. The molecule has 2 atom stereocenters. The van der Waals surface area contributed by atoms with Crippen LogP contribution in [0.15, 0.2) is 30.3 Å². The number of hydrogen-bond acceptors (Lipinski definition) is 3. The van der Waals surface area contributed by atoms with E-state index in [0.29, 0.717) is 12.8 Å². The molecule has 3 N–H and O–H groups in total. The lowest BCUT2D eigenvalue weighted by Crippen LogP contribution is -2.47. The van der Waals surface area contributed by atoms with Crippen molar-refractivity contribution in [1.29, 1.82) is 0 Å². The Balaban J connectivity index is 2.57. The summed E-state index contributed by atoms with van der Waals surface area (Å²) < 4.78 is 0. The Bertz CT molecular complexity index is 468. The van der Waals surface area contributed by atoms with E-state index in [9.17, 15) is 9.59 Å². The number of carboxylic acids is 1. The van der Waals surface area contributed by atoms with Gasteiger partial charge in [-0.15, -0.1) is 0 Å². The fraction of sp³-hybridized carbons (Fsp3) is 0.500. The number of urea groups is 1. The van der Waals surface area contributed by atoms with Crippen molar-refractivity contribution >= 4 is 23.8 Å². The van der Waals surface area contributed by atoms with Gasteiger partial charge in [-0.05, 0) is 31.6 Å². The molecule has 0 fully saturated rings. The lowest BCUT2D eigenvalue weighted by atomic mass is 10.0. The fourth-order valence-electron chi connectivity index (χ4n) is 2.16. The molecule has 0 radical (unpaired) electrons. The molecule has 22 heavy (non-hydrogen) atoms. The van der Waals surface area contributed by atoms with E-state index in [1.54, 1.807) is 11.8 Å². The van der Waals surface area contributed by atoms with Crippen LogP contribution in [0.2, 0.25) is 0 Å². The number of thioether (sulfide) groups is 1. The van der Waals surface area contributed by atoms with E-state index in [-0.39, 0.29) is 24.5 Å². The monoisotopic (exact) mass is 324 g/mol. The summed E-state index contributed by atoms with van der Waals surface area (Å²) in [5, 5.41) is 14.6. The first kappa shape index (κ1) is 18.4. The van der Waals surface area contributed by atoms with Crippen molar-refractivity contribution in [2.75, 3.05) is 12.0 Å². The molecule has 0 aliphatic carbocycles. The van der Waals surface area contributed by atoms with Crippen molar-refractivity contribution in [2.45, 2.75) is 38.3 Å². The van der Waals surface area contributed by atoms with Crippen LogP contribution in [-0.4, -0.2) is 41.2 Å². The molecule has 5 nitrogen and oxygen atoms in total. The zero-order valence-electron chi connectivity index (χ0n) is 13.0. The number of nitrogens with one attached hydrogen (secondary N) is 2. The number of benzene rings is 1. The minimum atomic E-state index is -0.851. The molecule has 2 amide bonds. The van der Waals surface area contributed by atoms with Crippen LogP contribution in [0.4, 0.5) is 4.79 Å². The molecule has 1 rings (SSSR count). The summed E-state index contributed by atoms with van der Waals surface area (Å²) in [5.74, 6) is -0.0117. The van der Waals surface area contributed by atoms with Crippen LogP contribution < -0.4 is 10.6 Å². The van der Waals surface area contributed by atoms with Gasteiger partial charge in [-0.1, -0.05) is 30.3 Å². The third kappa shape index (κ3) is 7.93. The van der Waals surface area contributed by atoms with Gasteiger partial charge in [0, 0.05) is 24.3 Å². The Labute approximate surface area is 135 Å². The maximum atomic E-state index is 12.0. The molecule has 0 saturated carbocycles. The second kappa shape index (κ2) is 10.1. The largest absolute Gasteiger partial charge is 0.481 e. The topological polar surface area (TPSA) is 78.4 Å². The molecule has 6 heteroatoms. The number of aliphatic carboxylic acids is 1. The SMILES string of the molecule is CSCC(C)NC(=O)NC(CCC(=O)O)Cc1ccccc1. The van der Waals surface area contributed by atoms with Crippen molar-refractivity contribution in [1.82, 2.24) is 10.6 Å². The first-order valence-electron chi connectivity index (χ1n) is 7.33. The molecule has 0 saturated heterocycles. The Morgan fingerprint density at radius 2 is 1.91 bits per heavy atom. The second-order valence-electron chi connectivity index (χ2n) is 5.29. The van der Waals surface area contributed by atoms with Gasteiger partial charge in [0.2, 0.25) is 0 Å². The Morgan fingerprint density at radius 3 is 2.50 bits per heavy atom. The maximum Gasteiger partial charge on any atom is 0.315 e. The van der Waals surface area contributed by atoms with Crippen LogP contribution in [-0.2, 0) is 11.2 Å². The molecular weight excluding hydrogens is 300 g/mol. The van der Waals surface area contributed by atoms with Crippen molar-refractivity contribution in [3.05, 3.63) is 35.9 Å². The molecule has 1 aromatic rings. The van der Waals surface area contributed by atoms with E-state index in [1.165, 1.54) is 0 Å². The number of carbonyl (C=O) groups excluding carboxylic acids is 1. The van der Waals surface area contributed by atoms with Crippen molar-refractivity contribution in [2.24, 2.45) is 0 Å². The van der Waals surface area contributed by atoms with Crippen LogP contribution in [0.1, 0.15) is 25.3 Å². The Kier molecular flexibility index (Phi) is 8.43. The van der Waals surface area contributed by atoms with Crippen LogP contribution in [0, 0.1) is 0 Å². The van der Waals surface area contributed by atoms with E-state index in [0.717, 1.165) is 11.3 Å². The molecule has 0 aliphatic rings. The van der Waals surface area contributed by atoms with Crippen LogP contribution >= 0.6 is 11.8 Å². The van der Waals surface area contributed by atoms with Crippen LogP contribution in [0.25, 0.3) is 0 Å². The van der Waals surface area contributed by atoms with Crippen molar-refractivity contribution in [3.63, 3.8) is 0 Å². The average molecular weight is 324 g/mol. The summed E-state index contributed by atoms with van der Waals surface area (Å²) in [6, 6.07) is 9.39. The standard InChI is InChI=1S/C16H24N2O3S/c1-12(11-22-2)17-16(21)18-14(8-9-15(19)20)10-13-6-4-3-5-7-13/h3-7,12,14H,8-11H2,1-2H3,(H,19,20)(H2,17,18,21). The third-order valence-corrected chi connectivity index (χ3v) is 3.99. The quantitative estimate of drug-likeness (QED) is 0.652. The smallest absolute Gasteiger partial charge is 0.315 e. The van der Waals surface area contributed by atoms with E-state index >= 15 is 0 Å². The number of rotatable bonds is 9. The lowest BCUT2D eigenvalue weighted by molar-refractivity contribution is -0.137. The van der Waals surface area contributed by atoms with Gasteiger partial charge in [-0.2, -0.15) is 11.8 Å². The Morgan fingerprint density at radius 1 is 1.23 bits per heavy atom. The van der Waals surface area contributed by atoms with Gasteiger partial charge < -0.3 is 15.7 Å². The Hall–Kier alpha value is -1.69. The highest BCUT2D eigenvalue weighted by atomic mass is 32.2. The van der Waals surface area contributed by atoms with Gasteiger partial charge in [-0.3, -0.25) is 4.79 Å². The summed E-state index contributed by atoms with van der Waals surface area (Å²) in [7, 11) is 0. The zero-order valence-corrected chi connectivity index (χ0v) is 13.9. The minimum Gasteiger partial charge on any atom is -0.481 e. The molecule has 0 heterocycles. The predicted octanol–water partition coefficient (Wildman–Crippen LogP) is 2.51. The van der Waals surface area contributed by atoms with E-state index in [2.05, 4.69) is 10.6 Å². The van der Waals surface area contributed by atoms with Crippen LogP contribution in [0.3, 0.4) is 0 Å². The number of hydrogen-bond donors (Lipinski definition) is 3. The summed E-state index contributed by atoms with van der Waals surface area (Å²) in [5.41, 5.74) is 1.08. The molecule has 0 bridgehead atoms. The summed E-state index contributed by atoms with van der Waals surface area (Å²) in [4.78, 5) is 22.8. The minimum absolute atomic E-state index is 0.0398. The predicted molar refractivity (Wildman–Crippen MR) is 90.3 cm³/mol. The molecular formula is C16H24N2O3S. The van der Waals surface area contributed by atoms with Gasteiger partial charge in [-0.25, -0.2) is 4.79 Å². The first-order valence-corrected chi connectivity index (χ1v) is 8.72. The van der Waals surface area contributed by atoms with Crippen LogP contribution in [0.5, 0.6) is 0 Å². The molecule has 1 aromatic carbocycles. The average Bonchev–Trinajstić information content (AvgIpc) is 2.46. The third-order valence-electron chi connectivity index (χ3n) is 3.16. The molecule has 0 spiro atoms. The van der Waals surface area contributed by atoms with Crippen molar-refractivity contribution < 1.29 is 14.7 Å². The van der Waals surface area contributed by atoms with Gasteiger partial charge >= 0.3 is 12.0 Å². The number of carboxylic acid groups (broad SMARTS) is 1. The molecule has 2 unspecified atom stereocenters. The molecule has 122 valence electrons. The maximum absolute atomic E-state index is 12.0. The van der Waals surface area contributed by atoms with E-state index < -0.39 is 5.97 Å². The van der Waals surface area contributed by atoms with Crippen molar-refractivity contribution in [3.8, 4) is 0 Å². The summed E-state index contributed by atoms with van der Waals surface area (Å²) in [6.45, 7) is 1.94. The number of amides is 2. The highest BCUT2D eigenvalue weighted by Gasteiger charge is 2.15. The second-order valence-corrected chi connectivity index (χ2v) is 6.20. The van der Waals surface area contributed by atoms with Gasteiger partial charge in [0.15, 0.2) is 0 Å². The highest BCUT2D eigenvalue weighted by Crippen LogP contribution is 2.08. The van der Waals surface area contributed by atoms with Gasteiger partial charge in [0.05, 0.1) is 0 Å². The van der Waals surface area contributed by atoms with E-state index in [1.807, 2.05) is 43.5 Å². The molecule has 0 aliphatic heterocycles. The molecule has 0 aromatic heterocycles. The van der Waals surface area contributed by atoms with Gasteiger partial charge in [0.1, 0.15) is 0 Å². The highest BCUT2D eigenvalue weighted by molar-refractivity contribution is 7.98. The zero-order chi connectivity index (χ0) is 16.4. The summed E-state index contributed by atoms with van der Waals surface area (Å²) >= 11 is 1.67. The number of carbonyl (C=O) groups is 2. The first-order chi connectivity index (χ1) is 10.5.